The van der Waals surface area contributed by atoms with Crippen molar-refractivity contribution in [1.29, 1.82) is 0 Å². The Bertz CT molecular complexity index is 955. The van der Waals surface area contributed by atoms with Gasteiger partial charge in [-0.3, -0.25) is 9.59 Å². The number of nitrogens with one attached hydrogen (secondary N) is 1. The summed E-state index contributed by atoms with van der Waals surface area (Å²) in [5.41, 5.74) is 1.47. The first-order chi connectivity index (χ1) is 14.6. The zero-order valence-electron chi connectivity index (χ0n) is 18.4. The molecule has 31 heavy (non-hydrogen) atoms. The largest absolute Gasteiger partial charge is 0.454 e. The summed E-state index contributed by atoms with van der Waals surface area (Å²) >= 11 is 6.12. The van der Waals surface area contributed by atoms with E-state index >= 15 is 0 Å². The Morgan fingerprint density at radius 2 is 1.84 bits per heavy atom. The van der Waals surface area contributed by atoms with Gasteiger partial charge in [0.25, 0.3) is 0 Å². The van der Waals surface area contributed by atoms with Crippen LogP contribution in [0.1, 0.15) is 45.2 Å². The van der Waals surface area contributed by atoms with Crippen molar-refractivity contribution >= 4 is 23.4 Å². The highest BCUT2D eigenvalue weighted by molar-refractivity contribution is 6.30. The molecule has 7 heteroatoms. The third-order valence-electron chi connectivity index (χ3n) is 4.97. The molecule has 2 aromatic carbocycles. The number of benzene rings is 2. The van der Waals surface area contributed by atoms with Crippen molar-refractivity contribution in [1.82, 2.24) is 10.2 Å². The lowest BCUT2D eigenvalue weighted by Crippen LogP contribution is -2.52. The number of carbonyl (C=O) groups excluding carboxylic acids is 2. The second kappa shape index (κ2) is 9.60. The molecule has 0 unspecified atom stereocenters. The highest BCUT2D eigenvalue weighted by atomic mass is 35.5. The number of fused-ring (bicyclic) bond motifs is 1. The Hall–Kier alpha value is -2.73. The van der Waals surface area contributed by atoms with Crippen LogP contribution in [0.25, 0.3) is 0 Å². The highest BCUT2D eigenvalue weighted by Gasteiger charge is 2.28. The van der Waals surface area contributed by atoms with Crippen LogP contribution in [0, 0.1) is 0 Å². The molecule has 2 aromatic rings. The maximum Gasteiger partial charge on any atom is 0.242 e. The quantitative estimate of drug-likeness (QED) is 0.690. The molecule has 0 aliphatic carbocycles. The standard InChI is InChI=1S/C24H29ClN2O4/c1-16(23(29)26-24(2,3)4)27(14-18-6-5-7-19(25)12-18)22(28)11-9-17-8-10-20-21(13-17)31-15-30-20/h5-8,10,12-13,16H,9,11,14-15H2,1-4H3,(H,26,29)/t16-/m1/s1. The van der Waals surface area contributed by atoms with Gasteiger partial charge in [-0.05, 0) is 69.5 Å². The molecule has 1 atom stereocenters. The molecule has 0 saturated carbocycles. The zero-order valence-corrected chi connectivity index (χ0v) is 19.2. The van der Waals surface area contributed by atoms with Crippen molar-refractivity contribution in [2.45, 2.75) is 58.7 Å². The van der Waals surface area contributed by atoms with E-state index < -0.39 is 6.04 Å². The normalized spacial score (nSPS) is 13.6. The summed E-state index contributed by atoms with van der Waals surface area (Å²) in [6, 6.07) is 12.4. The lowest BCUT2D eigenvalue weighted by Gasteiger charge is -2.31. The third kappa shape index (κ3) is 6.37. The fourth-order valence-corrected chi connectivity index (χ4v) is 3.59. The van der Waals surface area contributed by atoms with Gasteiger partial charge in [-0.25, -0.2) is 0 Å². The number of nitrogens with zero attached hydrogens (tertiary/aromatic N) is 1. The van der Waals surface area contributed by atoms with Crippen LogP contribution in [0.5, 0.6) is 11.5 Å². The van der Waals surface area contributed by atoms with Crippen molar-refractivity contribution in [3.63, 3.8) is 0 Å². The van der Waals surface area contributed by atoms with E-state index in [2.05, 4.69) is 5.32 Å². The van der Waals surface area contributed by atoms with Crippen molar-refractivity contribution in [2.75, 3.05) is 6.79 Å². The van der Waals surface area contributed by atoms with Gasteiger partial charge < -0.3 is 19.7 Å². The van der Waals surface area contributed by atoms with Crippen molar-refractivity contribution in [3.8, 4) is 11.5 Å². The molecule has 1 N–H and O–H groups in total. The lowest BCUT2D eigenvalue weighted by atomic mass is 10.1. The van der Waals surface area contributed by atoms with Gasteiger partial charge >= 0.3 is 0 Å². The number of hydrogen-bond donors (Lipinski definition) is 1. The van der Waals surface area contributed by atoms with Crippen LogP contribution in [0.2, 0.25) is 5.02 Å². The van der Waals surface area contributed by atoms with Crippen LogP contribution in [0.3, 0.4) is 0 Å². The molecule has 1 heterocycles. The van der Waals surface area contributed by atoms with Gasteiger partial charge in [-0.2, -0.15) is 0 Å². The van der Waals surface area contributed by atoms with E-state index in [0.717, 1.165) is 11.1 Å². The van der Waals surface area contributed by atoms with E-state index in [1.54, 1.807) is 17.9 Å². The molecule has 0 aromatic heterocycles. The van der Waals surface area contributed by atoms with E-state index in [9.17, 15) is 9.59 Å². The molecule has 166 valence electrons. The van der Waals surface area contributed by atoms with Crippen LogP contribution in [0.15, 0.2) is 42.5 Å². The summed E-state index contributed by atoms with van der Waals surface area (Å²) in [6.07, 6.45) is 0.808. The second-order valence-corrected chi connectivity index (χ2v) is 9.19. The molecule has 0 spiro atoms. The summed E-state index contributed by atoms with van der Waals surface area (Å²) in [7, 11) is 0. The first kappa shape index (κ1) is 22.9. The lowest BCUT2D eigenvalue weighted by molar-refractivity contribution is -0.141. The molecule has 0 bridgehead atoms. The average Bonchev–Trinajstić information content (AvgIpc) is 3.16. The Morgan fingerprint density at radius 3 is 2.55 bits per heavy atom. The topological polar surface area (TPSA) is 67.9 Å². The van der Waals surface area contributed by atoms with Crippen LogP contribution < -0.4 is 14.8 Å². The Kier molecular flexibility index (Phi) is 7.11. The third-order valence-corrected chi connectivity index (χ3v) is 5.21. The molecule has 3 rings (SSSR count). The van der Waals surface area contributed by atoms with Crippen molar-refractivity contribution < 1.29 is 19.1 Å². The van der Waals surface area contributed by atoms with Crippen molar-refractivity contribution in [2.24, 2.45) is 0 Å². The Balaban J connectivity index is 1.73. The SMILES string of the molecule is C[C@H](C(=O)NC(C)(C)C)N(Cc1cccc(Cl)c1)C(=O)CCc1ccc2c(c1)OCO2. The summed E-state index contributed by atoms with van der Waals surface area (Å²) in [5.74, 6) is 1.11. The van der Waals surface area contributed by atoms with Gasteiger partial charge in [0.15, 0.2) is 11.5 Å². The molecule has 0 fully saturated rings. The molecule has 0 saturated heterocycles. The van der Waals surface area contributed by atoms with Gasteiger partial charge in [0.2, 0.25) is 18.6 Å². The number of halogens is 1. The molecule has 1 aliphatic rings. The van der Waals surface area contributed by atoms with E-state index in [1.807, 2.05) is 57.2 Å². The summed E-state index contributed by atoms with van der Waals surface area (Å²) < 4.78 is 10.8. The van der Waals surface area contributed by atoms with Crippen LogP contribution in [-0.4, -0.2) is 35.1 Å². The van der Waals surface area contributed by atoms with Gasteiger partial charge in [0, 0.05) is 23.5 Å². The first-order valence-electron chi connectivity index (χ1n) is 10.4. The van der Waals surface area contributed by atoms with E-state index in [0.29, 0.717) is 29.5 Å². The summed E-state index contributed by atoms with van der Waals surface area (Å²) in [6.45, 7) is 8.02. The molecule has 2 amide bonds. The number of aryl methyl sites for hydroxylation is 1. The van der Waals surface area contributed by atoms with Gasteiger partial charge in [-0.15, -0.1) is 0 Å². The zero-order chi connectivity index (χ0) is 22.6. The van der Waals surface area contributed by atoms with Crippen LogP contribution in [-0.2, 0) is 22.6 Å². The number of carbonyl (C=O) groups is 2. The van der Waals surface area contributed by atoms with Crippen LogP contribution >= 0.6 is 11.6 Å². The first-order valence-corrected chi connectivity index (χ1v) is 10.7. The van der Waals surface area contributed by atoms with Gasteiger partial charge in [0.1, 0.15) is 6.04 Å². The summed E-state index contributed by atoms with van der Waals surface area (Å²) in [5, 5.41) is 3.56. The number of rotatable bonds is 7. The molecule has 6 nitrogen and oxygen atoms in total. The Labute approximate surface area is 188 Å². The smallest absolute Gasteiger partial charge is 0.242 e. The minimum Gasteiger partial charge on any atom is -0.454 e. The second-order valence-electron chi connectivity index (χ2n) is 8.75. The monoisotopic (exact) mass is 444 g/mol. The number of hydrogen-bond acceptors (Lipinski definition) is 4. The molecular weight excluding hydrogens is 416 g/mol. The van der Waals surface area contributed by atoms with E-state index in [-0.39, 0.29) is 30.6 Å². The van der Waals surface area contributed by atoms with E-state index in [4.69, 9.17) is 21.1 Å². The average molecular weight is 445 g/mol. The van der Waals surface area contributed by atoms with Gasteiger partial charge in [0.05, 0.1) is 0 Å². The van der Waals surface area contributed by atoms with Gasteiger partial charge in [-0.1, -0.05) is 29.8 Å². The maximum atomic E-state index is 13.2. The minimum absolute atomic E-state index is 0.103. The predicted octanol–water partition coefficient (Wildman–Crippen LogP) is 4.33. The molecular formula is C24H29ClN2O4. The fraction of sp³-hybridized carbons (Fsp3) is 0.417. The van der Waals surface area contributed by atoms with Crippen molar-refractivity contribution in [3.05, 3.63) is 58.6 Å². The predicted molar refractivity (Wildman–Crippen MR) is 120 cm³/mol. The molecule has 0 radical (unpaired) electrons. The number of ether oxygens (including phenoxy) is 2. The minimum atomic E-state index is -0.623. The Morgan fingerprint density at radius 1 is 1.10 bits per heavy atom. The fourth-order valence-electron chi connectivity index (χ4n) is 3.38. The van der Waals surface area contributed by atoms with E-state index in [1.165, 1.54) is 0 Å². The highest BCUT2D eigenvalue weighted by Crippen LogP contribution is 2.32. The molecule has 1 aliphatic heterocycles. The number of amides is 2. The maximum absolute atomic E-state index is 13.2. The van der Waals surface area contributed by atoms with Crippen LogP contribution in [0.4, 0.5) is 0 Å². The summed E-state index contributed by atoms with van der Waals surface area (Å²) in [4.78, 5) is 27.6.